The van der Waals surface area contributed by atoms with Crippen molar-refractivity contribution in [2.45, 2.75) is 25.7 Å². The number of nitrogens with one attached hydrogen (secondary N) is 1. The number of hydrogen-bond donors (Lipinski definition) is 1. The predicted molar refractivity (Wildman–Crippen MR) is 70.0 cm³/mol. The topological polar surface area (TPSA) is 73.6 Å². The van der Waals surface area contributed by atoms with E-state index in [0.717, 1.165) is 13.1 Å². The third kappa shape index (κ3) is 3.99. The van der Waals surface area contributed by atoms with Gasteiger partial charge in [0.05, 0.1) is 35.9 Å². The van der Waals surface area contributed by atoms with Crippen LogP contribution in [0.3, 0.4) is 0 Å². The number of para-hydroxylation sites is 1. The number of nitro benzene ring substituents is 1. The largest absolute Gasteiger partial charge is 0.374 e. The highest BCUT2D eigenvalue weighted by molar-refractivity contribution is 5.39. The van der Waals surface area contributed by atoms with Gasteiger partial charge in [0.15, 0.2) is 0 Å². The highest BCUT2D eigenvalue weighted by Crippen LogP contribution is 2.18. The van der Waals surface area contributed by atoms with Gasteiger partial charge < -0.3 is 14.8 Å². The molecule has 0 saturated carbocycles. The van der Waals surface area contributed by atoms with Gasteiger partial charge in [-0.2, -0.15) is 0 Å². The first-order valence-corrected chi connectivity index (χ1v) is 6.33. The van der Waals surface area contributed by atoms with Crippen molar-refractivity contribution in [3.05, 3.63) is 39.9 Å². The van der Waals surface area contributed by atoms with E-state index in [1.54, 1.807) is 18.2 Å². The van der Waals surface area contributed by atoms with Crippen LogP contribution in [-0.2, 0) is 16.1 Å². The van der Waals surface area contributed by atoms with Crippen LogP contribution in [0.15, 0.2) is 24.3 Å². The lowest BCUT2D eigenvalue weighted by molar-refractivity contribution is -0.386. The molecule has 1 aliphatic rings. The SMILES string of the molecule is CC1CNCC(COCc2ccccc2[N+](=O)[O-])O1. The Bertz CT molecular complexity index is 438. The summed E-state index contributed by atoms with van der Waals surface area (Å²) in [6, 6.07) is 6.62. The van der Waals surface area contributed by atoms with Gasteiger partial charge in [-0.25, -0.2) is 0 Å². The first-order valence-electron chi connectivity index (χ1n) is 6.33. The summed E-state index contributed by atoms with van der Waals surface area (Å²) in [6.45, 7) is 4.26. The second-order valence-electron chi connectivity index (χ2n) is 4.63. The molecule has 0 bridgehead atoms. The predicted octanol–water partition coefficient (Wildman–Crippen LogP) is 1.49. The molecule has 0 radical (unpaired) electrons. The molecule has 104 valence electrons. The molecule has 1 heterocycles. The third-order valence-electron chi connectivity index (χ3n) is 2.98. The monoisotopic (exact) mass is 266 g/mol. The number of benzene rings is 1. The molecule has 1 aromatic rings. The van der Waals surface area contributed by atoms with Crippen LogP contribution in [0, 0.1) is 10.1 Å². The molecule has 2 atom stereocenters. The number of nitro groups is 1. The molecule has 0 aliphatic carbocycles. The second-order valence-corrected chi connectivity index (χ2v) is 4.63. The van der Waals surface area contributed by atoms with E-state index >= 15 is 0 Å². The van der Waals surface area contributed by atoms with E-state index < -0.39 is 0 Å². The molecule has 1 N–H and O–H groups in total. The van der Waals surface area contributed by atoms with Crippen molar-refractivity contribution < 1.29 is 14.4 Å². The van der Waals surface area contributed by atoms with Gasteiger partial charge in [-0.3, -0.25) is 10.1 Å². The summed E-state index contributed by atoms with van der Waals surface area (Å²) in [7, 11) is 0. The molecule has 2 unspecified atom stereocenters. The van der Waals surface area contributed by atoms with Crippen LogP contribution in [0.25, 0.3) is 0 Å². The number of rotatable bonds is 5. The molecule has 6 nitrogen and oxygen atoms in total. The first kappa shape index (κ1) is 13.9. The minimum absolute atomic E-state index is 0.00604. The average molecular weight is 266 g/mol. The van der Waals surface area contributed by atoms with Crippen molar-refractivity contribution in [3.8, 4) is 0 Å². The van der Waals surface area contributed by atoms with Crippen LogP contribution in [0.1, 0.15) is 12.5 Å². The van der Waals surface area contributed by atoms with Crippen LogP contribution in [0.4, 0.5) is 5.69 Å². The summed E-state index contributed by atoms with van der Waals surface area (Å²) in [5.74, 6) is 0. The Morgan fingerprint density at radius 1 is 1.47 bits per heavy atom. The highest BCUT2D eigenvalue weighted by atomic mass is 16.6. The smallest absolute Gasteiger partial charge is 0.274 e. The Balaban J connectivity index is 1.84. The van der Waals surface area contributed by atoms with Crippen molar-refractivity contribution >= 4 is 5.69 Å². The van der Waals surface area contributed by atoms with Crippen LogP contribution < -0.4 is 5.32 Å². The minimum atomic E-state index is -0.389. The van der Waals surface area contributed by atoms with E-state index in [9.17, 15) is 10.1 Å². The van der Waals surface area contributed by atoms with E-state index in [1.165, 1.54) is 6.07 Å². The average Bonchev–Trinajstić information content (AvgIpc) is 2.39. The Kier molecular flexibility index (Phi) is 4.84. The van der Waals surface area contributed by atoms with Crippen molar-refractivity contribution in [1.82, 2.24) is 5.32 Å². The van der Waals surface area contributed by atoms with Crippen LogP contribution in [0.2, 0.25) is 0 Å². The van der Waals surface area contributed by atoms with E-state index in [-0.39, 0.29) is 29.4 Å². The molecule has 1 saturated heterocycles. The fourth-order valence-electron chi connectivity index (χ4n) is 2.08. The van der Waals surface area contributed by atoms with Crippen LogP contribution in [0.5, 0.6) is 0 Å². The Labute approximate surface area is 111 Å². The summed E-state index contributed by atoms with van der Waals surface area (Å²) >= 11 is 0. The summed E-state index contributed by atoms with van der Waals surface area (Å²) in [5.41, 5.74) is 0.683. The molecule has 0 aromatic heterocycles. The minimum Gasteiger partial charge on any atom is -0.374 e. The van der Waals surface area contributed by atoms with Crippen molar-refractivity contribution in [2.24, 2.45) is 0 Å². The van der Waals surface area contributed by atoms with Crippen molar-refractivity contribution in [3.63, 3.8) is 0 Å². The normalized spacial score (nSPS) is 23.2. The highest BCUT2D eigenvalue weighted by Gasteiger charge is 2.19. The first-order chi connectivity index (χ1) is 9.16. The molecule has 6 heteroatoms. The molecule has 1 aromatic carbocycles. The maximum atomic E-state index is 10.8. The van der Waals surface area contributed by atoms with E-state index in [0.29, 0.717) is 12.2 Å². The molecule has 2 rings (SSSR count). The fraction of sp³-hybridized carbons (Fsp3) is 0.538. The Morgan fingerprint density at radius 2 is 2.26 bits per heavy atom. The van der Waals surface area contributed by atoms with Gasteiger partial charge in [0.2, 0.25) is 0 Å². The number of nitrogens with zero attached hydrogens (tertiary/aromatic N) is 1. The van der Waals surface area contributed by atoms with Gasteiger partial charge in [0.25, 0.3) is 5.69 Å². The zero-order valence-electron chi connectivity index (χ0n) is 10.9. The van der Waals surface area contributed by atoms with Crippen molar-refractivity contribution in [2.75, 3.05) is 19.7 Å². The molecule has 0 amide bonds. The summed E-state index contributed by atoms with van der Waals surface area (Å²) < 4.78 is 11.2. The molecule has 19 heavy (non-hydrogen) atoms. The van der Waals surface area contributed by atoms with Gasteiger partial charge in [0.1, 0.15) is 0 Å². The lowest BCUT2D eigenvalue weighted by Gasteiger charge is -2.28. The maximum absolute atomic E-state index is 10.8. The number of hydrogen-bond acceptors (Lipinski definition) is 5. The zero-order chi connectivity index (χ0) is 13.7. The zero-order valence-corrected chi connectivity index (χ0v) is 10.9. The quantitative estimate of drug-likeness (QED) is 0.645. The van der Waals surface area contributed by atoms with Crippen molar-refractivity contribution in [1.29, 1.82) is 0 Å². The molecule has 1 fully saturated rings. The maximum Gasteiger partial charge on any atom is 0.274 e. The molecular weight excluding hydrogens is 248 g/mol. The lowest BCUT2D eigenvalue weighted by atomic mass is 10.2. The van der Waals surface area contributed by atoms with E-state index in [2.05, 4.69) is 5.32 Å². The van der Waals surface area contributed by atoms with Crippen LogP contribution in [-0.4, -0.2) is 36.8 Å². The van der Waals surface area contributed by atoms with Gasteiger partial charge in [-0.15, -0.1) is 0 Å². The summed E-state index contributed by atoms with van der Waals surface area (Å²) in [5, 5.41) is 14.1. The van der Waals surface area contributed by atoms with Gasteiger partial charge in [0, 0.05) is 19.2 Å². The second kappa shape index (κ2) is 6.60. The Morgan fingerprint density at radius 3 is 3.00 bits per heavy atom. The molecule has 1 aliphatic heterocycles. The standard InChI is InChI=1S/C13H18N2O4/c1-10-6-14-7-12(19-10)9-18-8-11-4-2-3-5-13(11)15(16)17/h2-5,10,12,14H,6-9H2,1H3. The van der Waals surface area contributed by atoms with Gasteiger partial charge in [-0.05, 0) is 13.0 Å². The lowest BCUT2D eigenvalue weighted by Crippen LogP contribution is -2.45. The van der Waals surface area contributed by atoms with E-state index in [1.807, 2.05) is 6.92 Å². The fourth-order valence-corrected chi connectivity index (χ4v) is 2.08. The van der Waals surface area contributed by atoms with Gasteiger partial charge in [-0.1, -0.05) is 12.1 Å². The van der Waals surface area contributed by atoms with E-state index in [4.69, 9.17) is 9.47 Å². The molecular formula is C13H18N2O4. The van der Waals surface area contributed by atoms with Gasteiger partial charge >= 0.3 is 0 Å². The molecule has 0 spiro atoms. The Hall–Kier alpha value is -1.50. The number of ether oxygens (including phenoxy) is 2. The van der Waals surface area contributed by atoms with Crippen LogP contribution >= 0.6 is 0 Å². The summed E-state index contributed by atoms with van der Waals surface area (Å²) in [4.78, 5) is 10.5. The number of morpholine rings is 1. The third-order valence-corrected chi connectivity index (χ3v) is 2.98. The summed E-state index contributed by atoms with van der Waals surface area (Å²) in [6.07, 6.45) is 0.180.